The van der Waals surface area contributed by atoms with Crippen LogP contribution in [0, 0.1) is 5.92 Å². The van der Waals surface area contributed by atoms with Gasteiger partial charge >= 0.3 is 0 Å². The van der Waals surface area contributed by atoms with Gasteiger partial charge in [-0.25, -0.2) is 4.98 Å². The molecule has 1 aromatic heterocycles. The molecule has 1 atom stereocenters. The number of hydrogen-bond acceptors (Lipinski definition) is 5. The van der Waals surface area contributed by atoms with Crippen molar-refractivity contribution in [3.8, 4) is 0 Å². The number of amides is 1. The van der Waals surface area contributed by atoms with E-state index in [2.05, 4.69) is 4.98 Å². The molecule has 1 aliphatic rings. The van der Waals surface area contributed by atoms with Crippen LogP contribution in [-0.4, -0.2) is 47.1 Å². The molecule has 0 aromatic carbocycles. The van der Waals surface area contributed by atoms with Gasteiger partial charge in [-0.05, 0) is 13.0 Å². The number of hydrogen-bond donors (Lipinski definition) is 2. The molecule has 1 amide bonds. The standard InChI is InChI=1S/C11H17N3O2S/c12-3-1-10-13-9(7-17-10)11(16)14-4-2-8(5-14)6-15/h7-8,15H,1-6,12H2. The molecule has 5 nitrogen and oxygen atoms in total. The Kier molecular flexibility index (Phi) is 4.09. The minimum absolute atomic E-state index is 0.0273. The summed E-state index contributed by atoms with van der Waals surface area (Å²) in [5.74, 6) is 0.196. The molecule has 0 bridgehead atoms. The molecule has 94 valence electrons. The van der Waals surface area contributed by atoms with Gasteiger partial charge in [0.05, 0.1) is 5.01 Å². The predicted molar refractivity (Wildman–Crippen MR) is 66.0 cm³/mol. The van der Waals surface area contributed by atoms with E-state index >= 15 is 0 Å². The molecule has 2 rings (SSSR count). The molecule has 1 saturated heterocycles. The molecule has 0 radical (unpaired) electrons. The van der Waals surface area contributed by atoms with Gasteiger partial charge in [-0.2, -0.15) is 0 Å². The maximum Gasteiger partial charge on any atom is 0.273 e. The summed E-state index contributed by atoms with van der Waals surface area (Å²) in [4.78, 5) is 18.1. The zero-order chi connectivity index (χ0) is 12.3. The molecule has 0 saturated carbocycles. The van der Waals surface area contributed by atoms with E-state index in [1.807, 2.05) is 0 Å². The first-order valence-electron chi connectivity index (χ1n) is 5.79. The van der Waals surface area contributed by atoms with Crippen LogP contribution in [0.3, 0.4) is 0 Å². The fourth-order valence-electron chi connectivity index (χ4n) is 1.98. The van der Waals surface area contributed by atoms with Crippen LogP contribution in [0.25, 0.3) is 0 Å². The summed E-state index contributed by atoms with van der Waals surface area (Å²) in [6.07, 6.45) is 1.60. The molecule has 1 unspecified atom stereocenters. The van der Waals surface area contributed by atoms with Gasteiger partial charge in [0.15, 0.2) is 0 Å². The highest BCUT2D eigenvalue weighted by Crippen LogP contribution is 2.19. The topological polar surface area (TPSA) is 79.5 Å². The van der Waals surface area contributed by atoms with Crippen molar-refractivity contribution >= 4 is 17.2 Å². The van der Waals surface area contributed by atoms with Gasteiger partial charge in [0.25, 0.3) is 5.91 Å². The van der Waals surface area contributed by atoms with Crippen LogP contribution in [0.2, 0.25) is 0 Å². The van der Waals surface area contributed by atoms with E-state index in [0.717, 1.165) is 17.8 Å². The summed E-state index contributed by atoms with van der Waals surface area (Å²) in [5.41, 5.74) is 5.96. The van der Waals surface area contributed by atoms with Crippen LogP contribution in [-0.2, 0) is 6.42 Å². The summed E-state index contributed by atoms with van der Waals surface area (Å²) in [6.45, 7) is 2.06. The van der Waals surface area contributed by atoms with Crippen molar-refractivity contribution in [1.29, 1.82) is 0 Å². The SMILES string of the molecule is NCCc1nc(C(=O)N2CCC(CO)C2)cs1. The number of rotatable bonds is 4. The van der Waals surface area contributed by atoms with Gasteiger partial charge in [0.1, 0.15) is 5.69 Å². The zero-order valence-corrected chi connectivity index (χ0v) is 10.4. The Balaban J connectivity index is 1.99. The van der Waals surface area contributed by atoms with Gasteiger partial charge < -0.3 is 15.7 Å². The largest absolute Gasteiger partial charge is 0.396 e. The van der Waals surface area contributed by atoms with E-state index in [4.69, 9.17) is 10.8 Å². The molecule has 1 aromatic rings. The first-order valence-corrected chi connectivity index (χ1v) is 6.67. The van der Waals surface area contributed by atoms with E-state index in [-0.39, 0.29) is 18.4 Å². The lowest BCUT2D eigenvalue weighted by Crippen LogP contribution is -2.29. The van der Waals surface area contributed by atoms with Crippen LogP contribution >= 0.6 is 11.3 Å². The highest BCUT2D eigenvalue weighted by molar-refractivity contribution is 7.09. The van der Waals surface area contributed by atoms with E-state index < -0.39 is 0 Å². The van der Waals surface area contributed by atoms with Gasteiger partial charge in [0.2, 0.25) is 0 Å². The van der Waals surface area contributed by atoms with Crippen LogP contribution < -0.4 is 5.73 Å². The number of nitrogens with two attached hydrogens (primary N) is 1. The Labute approximate surface area is 104 Å². The molecular weight excluding hydrogens is 238 g/mol. The quantitative estimate of drug-likeness (QED) is 0.799. The number of carbonyl (C=O) groups excluding carboxylic acids is 1. The smallest absolute Gasteiger partial charge is 0.273 e. The molecule has 0 spiro atoms. The number of aliphatic hydroxyl groups is 1. The monoisotopic (exact) mass is 255 g/mol. The number of aromatic nitrogens is 1. The average Bonchev–Trinajstić information content (AvgIpc) is 2.97. The molecule has 6 heteroatoms. The first-order chi connectivity index (χ1) is 8.24. The van der Waals surface area contributed by atoms with Crippen LogP contribution in [0.5, 0.6) is 0 Å². The second kappa shape index (κ2) is 5.57. The minimum atomic E-state index is -0.0273. The Morgan fingerprint density at radius 2 is 2.53 bits per heavy atom. The second-order valence-corrected chi connectivity index (χ2v) is 5.20. The van der Waals surface area contributed by atoms with Gasteiger partial charge in [-0.15, -0.1) is 11.3 Å². The summed E-state index contributed by atoms with van der Waals surface area (Å²) in [6, 6.07) is 0. The van der Waals surface area contributed by atoms with Gasteiger partial charge in [-0.1, -0.05) is 0 Å². The van der Waals surface area contributed by atoms with Crippen molar-refractivity contribution in [2.24, 2.45) is 11.7 Å². The van der Waals surface area contributed by atoms with Crippen molar-refractivity contribution in [2.75, 3.05) is 26.2 Å². The first kappa shape index (κ1) is 12.5. The van der Waals surface area contributed by atoms with Gasteiger partial charge in [0, 0.05) is 37.4 Å². The van der Waals surface area contributed by atoms with Crippen LogP contribution in [0.15, 0.2) is 5.38 Å². The Bertz CT molecular complexity index is 394. The molecule has 1 aliphatic heterocycles. The van der Waals surface area contributed by atoms with Crippen LogP contribution in [0.1, 0.15) is 21.9 Å². The zero-order valence-electron chi connectivity index (χ0n) is 9.63. The van der Waals surface area contributed by atoms with E-state index in [9.17, 15) is 4.79 Å². The number of nitrogens with zero attached hydrogens (tertiary/aromatic N) is 2. The van der Waals surface area contributed by atoms with Gasteiger partial charge in [-0.3, -0.25) is 4.79 Å². The van der Waals surface area contributed by atoms with E-state index in [0.29, 0.717) is 25.3 Å². The molecule has 3 N–H and O–H groups in total. The molecular formula is C11H17N3O2S. The summed E-state index contributed by atoms with van der Waals surface area (Å²) in [5, 5.41) is 11.7. The normalized spacial score (nSPS) is 19.9. The molecule has 17 heavy (non-hydrogen) atoms. The minimum Gasteiger partial charge on any atom is -0.396 e. The third-order valence-electron chi connectivity index (χ3n) is 2.96. The fraction of sp³-hybridized carbons (Fsp3) is 0.636. The Morgan fingerprint density at radius 3 is 3.18 bits per heavy atom. The Hall–Kier alpha value is -0.980. The summed E-state index contributed by atoms with van der Waals surface area (Å²) >= 11 is 1.48. The lowest BCUT2D eigenvalue weighted by molar-refractivity contribution is 0.0776. The van der Waals surface area contributed by atoms with Crippen molar-refractivity contribution in [3.05, 3.63) is 16.1 Å². The van der Waals surface area contributed by atoms with Crippen molar-refractivity contribution in [2.45, 2.75) is 12.8 Å². The highest BCUT2D eigenvalue weighted by atomic mass is 32.1. The lowest BCUT2D eigenvalue weighted by Gasteiger charge is -2.14. The highest BCUT2D eigenvalue weighted by Gasteiger charge is 2.27. The molecule has 0 aliphatic carbocycles. The number of carbonyl (C=O) groups is 1. The maximum atomic E-state index is 12.1. The third kappa shape index (κ3) is 2.83. The second-order valence-electron chi connectivity index (χ2n) is 4.25. The molecule has 1 fully saturated rings. The number of likely N-dealkylation sites (tertiary alicyclic amines) is 1. The maximum absolute atomic E-state index is 12.1. The summed E-state index contributed by atoms with van der Waals surface area (Å²) in [7, 11) is 0. The van der Waals surface area contributed by atoms with Crippen molar-refractivity contribution < 1.29 is 9.90 Å². The number of thiazole rings is 1. The third-order valence-corrected chi connectivity index (χ3v) is 3.87. The van der Waals surface area contributed by atoms with Crippen molar-refractivity contribution in [3.63, 3.8) is 0 Å². The number of aliphatic hydroxyl groups excluding tert-OH is 1. The lowest BCUT2D eigenvalue weighted by atomic mass is 10.1. The summed E-state index contributed by atoms with van der Waals surface area (Å²) < 4.78 is 0. The fourth-order valence-corrected chi connectivity index (χ4v) is 2.76. The Morgan fingerprint density at radius 1 is 1.71 bits per heavy atom. The van der Waals surface area contributed by atoms with Crippen molar-refractivity contribution in [1.82, 2.24) is 9.88 Å². The average molecular weight is 255 g/mol. The van der Waals surface area contributed by atoms with Crippen LogP contribution in [0.4, 0.5) is 0 Å². The van der Waals surface area contributed by atoms with E-state index in [1.165, 1.54) is 11.3 Å². The molecule has 2 heterocycles. The van der Waals surface area contributed by atoms with E-state index in [1.54, 1.807) is 10.3 Å². The predicted octanol–water partition coefficient (Wildman–Crippen LogP) is 0.0987.